The van der Waals surface area contributed by atoms with E-state index in [1.165, 1.54) is 28.6 Å². The first-order chi connectivity index (χ1) is 7.81. The molecule has 0 saturated carbocycles. The van der Waals surface area contributed by atoms with Crippen molar-refractivity contribution in [2.24, 2.45) is 0 Å². The van der Waals surface area contributed by atoms with Gasteiger partial charge in [0.25, 0.3) is 0 Å². The van der Waals surface area contributed by atoms with E-state index in [9.17, 15) is 0 Å². The van der Waals surface area contributed by atoms with E-state index < -0.39 is 0 Å². The van der Waals surface area contributed by atoms with E-state index in [4.69, 9.17) is 0 Å². The van der Waals surface area contributed by atoms with Gasteiger partial charge in [0.15, 0.2) is 0 Å². The molecule has 1 atom stereocenters. The van der Waals surface area contributed by atoms with Crippen molar-refractivity contribution in [2.75, 3.05) is 24.5 Å². The molecule has 1 fully saturated rings. The zero-order valence-corrected chi connectivity index (χ0v) is 11.9. The molecule has 1 heterocycles. The predicted octanol–water partition coefficient (Wildman–Crippen LogP) is 2.87. The summed E-state index contributed by atoms with van der Waals surface area (Å²) in [6.45, 7) is 5.72. The van der Waals surface area contributed by atoms with Crippen molar-refractivity contribution in [2.45, 2.75) is 25.8 Å². The zero-order valence-electron chi connectivity index (χ0n) is 9.75. The normalized spacial score (nSPS) is 21.9. The first-order valence-electron chi connectivity index (χ1n) is 6.04. The largest absolute Gasteiger partial charge is 0.369 e. The number of halogens is 1. The first-order valence-corrected chi connectivity index (χ1v) is 7.12. The maximum absolute atomic E-state index is 3.61. The summed E-state index contributed by atoms with van der Waals surface area (Å²) >= 11 is 2.43. The van der Waals surface area contributed by atoms with Crippen molar-refractivity contribution in [1.82, 2.24) is 5.32 Å². The monoisotopic (exact) mass is 330 g/mol. The van der Waals surface area contributed by atoms with Crippen molar-refractivity contribution in [3.05, 3.63) is 27.8 Å². The minimum absolute atomic E-state index is 0.638. The molecule has 1 saturated heterocycles. The van der Waals surface area contributed by atoms with Crippen molar-refractivity contribution in [3.8, 4) is 0 Å². The first kappa shape index (κ1) is 12.2. The van der Waals surface area contributed by atoms with E-state index in [1.54, 1.807) is 0 Å². The highest BCUT2D eigenvalue weighted by atomic mass is 127. The Hall–Kier alpha value is -0.290. The fourth-order valence-electron chi connectivity index (χ4n) is 2.20. The molecule has 0 amide bonds. The molecule has 2 rings (SSSR count). The number of anilines is 1. The van der Waals surface area contributed by atoms with E-state index in [0.29, 0.717) is 6.04 Å². The smallest absolute Gasteiger partial charge is 0.0502 e. The molecule has 0 spiro atoms. The van der Waals surface area contributed by atoms with Crippen LogP contribution in [0, 0.1) is 3.57 Å². The van der Waals surface area contributed by atoms with Crippen LogP contribution in [0.15, 0.2) is 24.3 Å². The Balaban J connectivity index is 2.16. The molecule has 1 aliphatic heterocycles. The van der Waals surface area contributed by atoms with Crippen molar-refractivity contribution < 1.29 is 0 Å². The maximum atomic E-state index is 3.61. The summed E-state index contributed by atoms with van der Waals surface area (Å²) in [7, 11) is 0. The summed E-state index contributed by atoms with van der Waals surface area (Å²) in [5.41, 5.74) is 1.39. The van der Waals surface area contributed by atoms with Crippen LogP contribution < -0.4 is 10.2 Å². The summed E-state index contributed by atoms with van der Waals surface area (Å²) in [4.78, 5) is 2.52. The number of hydrogen-bond acceptors (Lipinski definition) is 2. The summed E-state index contributed by atoms with van der Waals surface area (Å²) in [5.74, 6) is 0. The van der Waals surface area contributed by atoms with Gasteiger partial charge in [0.2, 0.25) is 0 Å². The Kier molecular flexibility index (Phi) is 4.46. The summed E-state index contributed by atoms with van der Waals surface area (Å²) in [6, 6.07) is 9.31. The third-order valence-corrected chi connectivity index (χ3v) is 4.08. The van der Waals surface area contributed by atoms with Crippen LogP contribution in [0.3, 0.4) is 0 Å². The summed E-state index contributed by atoms with van der Waals surface area (Å²) < 4.78 is 1.36. The highest BCUT2D eigenvalue weighted by Crippen LogP contribution is 2.23. The van der Waals surface area contributed by atoms with Gasteiger partial charge < -0.3 is 10.2 Å². The average Bonchev–Trinajstić information content (AvgIpc) is 2.55. The minimum Gasteiger partial charge on any atom is -0.369 e. The fourth-order valence-corrected chi connectivity index (χ4v) is 2.93. The van der Waals surface area contributed by atoms with Gasteiger partial charge in [0, 0.05) is 22.7 Å². The van der Waals surface area contributed by atoms with Crippen LogP contribution in [0.2, 0.25) is 0 Å². The lowest BCUT2D eigenvalue weighted by Gasteiger charge is -2.26. The van der Waals surface area contributed by atoms with Crippen LogP contribution in [0.25, 0.3) is 0 Å². The third kappa shape index (κ3) is 2.88. The quantitative estimate of drug-likeness (QED) is 0.839. The zero-order chi connectivity index (χ0) is 11.4. The van der Waals surface area contributed by atoms with E-state index in [1.807, 2.05) is 0 Å². The lowest BCUT2D eigenvalue weighted by Crippen LogP contribution is -2.37. The van der Waals surface area contributed by atoms with E-state index in [0.717, 1.165) is 13.1 Å². The van der Waals surface area contributed by atoms with Gasteiger partial charge in [0.05, 0.1) is 5.69 Å². The Labute approximate surface area is 112 Å². The summed E-state index contributed by atoms with van der Waals surface area (Å²) in [5, 5.41) is 3.61. The second-order valence-corrected chi connectivity index (χ2v) is 5.47. The molecule has 1 N–H and O–H groups in total. The highest BCUT2D eigenvalue weighted by Gasteiger charge is 2.17. The lowest BCUT2D eigenvalue weighted by molar-refractivity contribution is 0.528. The van der Waals surface area contributed by atoms with E-state index in [2.05, 4.69) is 64.0 Å². The topological polar surface area (TPSA) is 15.3 Å². The van der Waals surface area contributed by atoms with Crippen LogP contribution in [0.1, 0.15) is 19.8 Å². The molecule has 0 bridgehead atoms. The number of nitrogens with one attached hydrogen (secondary N) is 1. The predicted molar refractivity (Wildman–Crippen MR) is 78.1 cm³/mol. The standard InChI is InChI=1S/C13H19IN2/c1-2-11-10-16(9-5-8-15-11)13-7-4-3-6-12(13)14/h3-4,6-7,11,15H,2,5,8-10H2,1H3. The van der Waals surface area contributed by atoms with Gasteiger partial charge in [-0.2, -0.15) is 0 Å². The molecule has 0 aliphatic carbocycles. The van der Waals surface area contributed by atoms with Gasteiger partial charge in [0.1, 0.15) is 0 Å². The van der Waals surface area contributed by atoms with Crippen molar-refractivity contribution in [1.29, 1.82) is 0 Å². The number of nitrogens with zero attached hydrogens (tertiary/aromatic N) is 1. The van der Waals surface area contributed by atoms with Crippen LogP contribution >= 0.6 is 22.6 Å². The van der Waals surface area contributed by atoms with Crippen LogP contribution in [-0.4, -0.2) is 25.7 Å². The van der Waals surface area contributed by atoms with Gasteiger partial charge in [-0.3, -0.25) is 0 Å². The molecule has 1 unspecified atom stereocenters. The van der Waals surface area contributed by atoms with Gasteiger partial charge >= 0.3 is 0 Å². The number of benzene rings is 1. The van der Waals surface area contributed by atoms with Crippen LogP contribution in [-0.2, 0) is 0 Å². The van der Waals surface area contributed by atoms with E-state index in [-0.39, 0.29) is 0 Å². The van der Waals surface area contributed by atoms with Crippen LogP contribution in [0.5, 0.6) is 0 Å². The van der Waals surface area contributed by atoms with Crippen molar-refractivity contribution >= 4 is 28.3 Å². The third-order valence-electron chi connectivity index (χ3n) is 3.16. The Morgan fingerprint density at radius 1 is 1.44 bits per heavy atom. The molecule has 2 nitrogen and oxygen atoms in total. The number of para-hydroxylation sites is 1. The Bertz CT molecular complexity index is 340. The molecular weight excluding hydrogens is 311 g/mol. The molecule has 0 aromatic heterocycles. The van der Waals surface area contributed by atoms with Crippen molar-refractivity contribution in [3.63, 3.8) is 0 Å². The molecule has 16 heavy (non-hydrogen) atoms. The molecule has 3 heteroatoms. The maximum Gasteiger partial charge on any atom is 0.0502 e. The molecule has 0 radical (unpaired) electrons. The molecule has 1 aliphatic rings. The average molecular weight is 330 g/mol. The Morgan fingerprint density at radius 2 is 2.25 bits per heavy atom. The molecular formula is C13H19IN2. The number of hydrogen-bond donors (Lipinski definition) is 1. The minimum atomic E-state index is 0.638. The number of rotatable bonds is 2. The van der Waals surface area contributed by atoms with Crippen LogP contribution in [0.4, 0.5) is 5.69 Å². The SMILES string of the molecule is CCC1CN(c2ccccc2I)CCCN1. The highest BCUT2D eigenvalue weighted by molar-refractivity contribution is 14.1. The molecule has 88 valence electrons. The summed E-state index contributed by atoms with van der Waals surface area (Å²) in [6.07, 6.45) is 2.45. The Morgan fingerprint density at radius 3 is 3.00 bits per heavy atom. The molecule has 1 aromatic rings. The fraction of sp³-hybridized carbons (Fsp3) is 0.538. The van der Waals surface area contributed by atoms with Gasteiger partial charge in [-0.25, -0.2) is 0 Å². The van der Waals surface area contributed by atoms with E-state index >= 15 is 0 Å². The second kappa shape index (κ2) is 5.87. The molecule has 1 aromatic carbocycles. The lowest BCUT2D eigenvalue weighted by atomic mass is 10.2. The van der Waals surface area contributed by atoms with Gasteiger partial charge in [-0.1, -0.05) is 19.1 Å². The second-order valence-electron chi connectivity index (χ2n) is 4.31. The van der Waals surface area contributed by atoms with Gasteiger partial charge in [-0.15, -0.1) is 0 Å². The van der Waals surface area contributed by atoms with Gasteiger partial charge in [-0.05, 0) is 54.1 Å².